The van der Waals surface area contributed by atoms with E-state index in [0.717, 1.165) is 6.42 Å². The average molecular weight is 610 g/mol. The summed E-state index contributed by atoms with van der Waals surface area (Å²) in [5, 5.41) is 0. The SMILES string of the molecule is Cc1cc(C)[n+]2n1-c1ccc3c4c1C21c2c(ccc5c2N2c6c(cccc6C5(C)C)Cc5ccc[n+]1c52)N4c1ccccc1C3(C)C. The normalized spacial score (nSPS) is 20.8. The molecule has 0 amide bonds. The Morgan fingerprint density at radius 2 is 1.26 bits per heavy atom. The predicted octanol–water partition coefficient (Wildman–Crippen LogP) is 8.03. The fraction of sp³-hybridized carbons (Fsp3) is 0.238. The molecule has 0 saturated carbocycles. The van der Waals surface area contributed by atoms with Crippen LogP contribution in [0, 0.1) is 13.8 Å². The lowest BCUT2D eigenvalue weighted by Gasteiger charge is -2.50. The monoisotopic (exact) mass is 609 g/mol. The standard InChI is InChI=1S/C42H35N5/c1-23-21-24(2)47-42-34-32(44-31-15-8-7-13-27(31)40(3,4)29-17-19-33(46(23)47)35(42)37(29)44)18-16-30-38(34)45-36-25(11-9-14-28(36)41(30,5)6)22-26-12-10-20-43(42)39(26)45/h7-21H,22H2,1-6H3/q+2. The Morgan fingerprint density at radius 1 is 0.596 bits per heavy atom. The van der Waals surface area contributed by atoms with E-state index in [9.17, 15) is 0 Å². The smallest absolute Gasteiger partial charge is 0.308 e. The van der Waals surface area contributed by atoms with Gasteiger partial charge in [0.1, 0.15) is 22.5 Å². The van der Waals surface area contributed by atoms with E-state index in [1.165, 1.54) is 95.8 Å². The van der Waals surface area contributed by atoms with Crippen LogP contribution in [0.4, 0.5) is 34.3 Å². The van der Waals surface area contributed by atoms with Crippen LogP contribution in [0.3, 0.4) is 0 Å². The molecule has 47 heavy (non-hydrogen) atoms. The highest BCUT2D eigenvalue weighted by molar-refractivity contribution is 6.01. The number of benzene rings is 4. The van der Waals surface area contributed by atoms with Gasteiger partial charge in [-0.15, -0.1) is 4.68 Å². The number of aryl methyl sites for hydroxylation is 2. The number of anilines is 6. The molecule has 8 heterocycles. The molecule has 6 aliphatic heterocycles. The molecule has 5 heteroatoms. The van der Waals surface area contributed by atoms with Gasteiger partial charge in [-0.05, 0) is 48.4 Å². The minimum atomic E-state index is -0.597. The molecule has 0 bridgehead atoms. The van der Waals surface area contributed by atoms with Gasteiger partial charge in [-0.3, -0.25) is 0 Å². The van der Waals surface area contributed by atoms with Crippen molar-refractivity contribution in [1.29, 1.82) is 0 Å². The molecule has 1 unspecified atom stereocenters. The summed E-state index contributed by atoms with van der Waals surface area (Å²) in [5.74, 6) is 1.31. The molecule has 6 aromatic rings. The first kappa shape index (κ1) is 25.0. The van der Waals surface area contributed by atoms with Gasteiger partial charge >= 0.3 is 5.66 Å². The summed E-state index contributed by atoms with van der Waals surface area (Å²) in [6.07, 6.45) is 3.30. The Bertz CT molecular complexity index is 2550. The second-order valence-electron chi connectivity index (χ2n) is 15.6. The number of aromatic nitrogens is 3. The molecule has 0 aliphatic carbocycles. The summed E-state index contributed by atoms with van der Waals surface area (Å²) in [4.78, 5) is 5.30. The van der Waals surface area contributed by atoms with Crippen molar-refractivity contribution in [2.75, 3.05) is 9.80 Å². The molecular formula is C42H35N5+2. The Morgan fingerprint density at radius 3 is 2.09 bits per heavy atom. The van der Waals surface area contributed by atoms with Crippen molar-refractivity contribution in [3.05, 3.63) is 147 Å². The Hall–Kier alpha value is -5.16. The van der Waals surface area contributed by atoms with E-state index in [1.807, 2.05) is 0 Å². The summed E-state index contributed by atoms with van der Waals surface area (Å²) in [5.41, 5.74) is 20.7. The Balaban J connectivity index is 1.38. The van der Waals surface area contributed by atoms with E-state index in [0.29, 0.717) is 0 Å². The van der Waals surface area contributed by atoms with Crippen molar-refractivity contribution in [2.24, 2.45) is 0 Å². The van der Waals surface area contributed by atoms with Crippen molar-refractivity contribution in [1.82, 2.24) is 4.68 Å². The van der Waals surface area contributed by atoms with Gasteiger partial charge in [-0.1, -0.05) is 80.9 Å². The number of fused-ring (bicyclic) bond motifs is 5. The van der Waals surface area contributed by atoms with Crippen LogP contribution in [-0.4, -0.2) is 4.68 Å². The van der Waals surface area contributed by atoms with Gasteiger partial charge < -0.3 is 4.90 Å². The lowest BCUT2D eigenvalue weighted by atomic mass is 9.66. The van der Waals surface area contributed by atoms with Crippen molar-refractivity contribution < 1.29 is 9.25 Å². The van der Waals surface area contributed by atoms with Gasteiger partial charge in [0, 0.05) is 52.5 Å². The summed E-state index contributed by atoms with van der Waals surface area (Å²) in [6, 6.07) is 32.9. The minimum Gasteiger partial charge on any atom is -0.308 e. The summed E-state index contributed by atoms with van der Waals surface area (Å²) < 4.78 is 7.82. The molecule has 0 radical (unpaired) electrons. The zero-order valence-corrected chi connectivity index (χ0v) is 27.6. The van der Waals surface area contributed by atoms with Gasteiger partial charge in [0.15, 0.2) is 5.69 Å². The molecule has 6 aliphatic rings. The fourth-order valence-electron chi connectivity index (χ4n) is 10.9. The number of rotatable bonds is 0. The molecule has 1 spiro atoms. The zero-order valence-electron chi connectivity index (χ0n) is 27.6. The number of para-hydroxylation sites is 2. The van der Waals surface area contributed by atoms with Crippen LogP contribution in [0.5, 0.6) is 0 Å². The maximum absolute atomic E-state index is 2.66. The molecular weight excluding hydrogens is 574 g/mol. The molecule has 2 aromatic heterocycles. The first-order valence-corrected chi connectivity index (χ1v) is 17.0. The van der Waals surface area contributed by atoms with Gasteiger partial charge in [-0.25, -0.2) is 0 Å². The number of hydrogen-bond acceptors (Lipinski definition) is 2. The number of hydrogen-bond donors (Lipinski definition) is 0. The van der Waals surface area contributed by atoms with Gasteiger partial charge in [0.25, 0.3) is 5.82 Å². The van der Waals surface area contributed by atoms with Crippen molar-refractivity contribution in [3.63, 3.8) is 0 Å². The van der Waals surface area contributed by atoms with Crippen LogP contribution in [0.15, 0.2) is 91.1 Å². The van der Waals surface area contributed by atoms with Crippen molar-refractivity contribution in [2.45, 2.75) is 64.5 Å². The Labute approximate surface area is 274 Å². The number of pyridine rings is 1. The molecule has 226 valence electrons. The highest BCUT2D eigenvalue weighted by Crippen LogP contribution is 2.68. The van der Waals surface area contributed by atoms with Crippen LogP contribution in [0.2, 0.25) is 0 Å². The van der Waals surface area contributed by atoms with Gasteiger partial charge in [0.05, 0.1) is 29.0 Å². The van der Waals surface area contributed by atoms with Gasteiger partial charge in [-0.2, -0.15) is 9.47 Å². The molecule has 12 rings (SSSR count). The average Bonchev–Trinajstić information content (AvgIpc) is 3.54. The highest BCUT2D eigenvalue weighted by Gasteiger charge is 2.73. The largest absolute Gasteiger partial charge is 0.394 e. The second kappa shape index (κ2) is 7.21. The van der Waals surface area contributed by atoms with E-state index in [-0.39, 0.29) is 10.8 Å². The molecule has 5 nitrogen and oxygen atoms in total. The molecule has 1 atom stereocenters. The predicted molar refractivity (Wildman–Crippen MR) is 184 cm³/mol. The van der Waals surface area contributed by atoms with Gasteiger partial charge in [0.2, 0.25) is 5.69 Å². The first-order valence-electron chi connectivity index (χ1n) is 17.0. The maximum Gasteiger partial charge on any atom is 0.394 e. The van der Waals surface area contributed by atoms with Crippen LogP contribution in [0.1, 0.15) is 83.6 Å². The van der Waals surface area contributed by atoms with E-state index < -0.39 is 5.66 Å². The fourth-order valence-corrected chi connectivity index (χ4v) is 10.9. The lowest BCUT2D eigenvalue weighted by molar-refractivity contribution is -0.993. The molecule has 4 aromatic carbocycles. The van der Waals surface area contributed by atoms with Crippen LogP contribution >= 0.6 is 0 Å². The third-order valence-electron chi connectivity index (χ3n) is 12.7. The third kappa shape index (κ3) is 2.30. The first-order chi connectivity index (χ1) is 22.7. The number of nitrogens with zero attached hydrogens (tertiary/aromatic N) is 5. The van der Waals surface area contributed by atoms with E-state index in [1.54, 1.807) is 0 Å². The Kier molecular flexibility index (Phi) is 3.83. The quantitative estimate of drug-likeness (QED) is 0.162. The van der Waals surface area contributed by atoms with Crippen LogP contribution in [-0.2, 0) is 22.9 Å². The topological polar surface area (TPSA) is 19.2 Å². The molecule has 0 fully saturated rings. The second-order valence-corrected chi connectivity index (χ2v) is 15.6. The van der Waals surface area contributed by atoms with Crippen LogP contribution < -0.4 is 19.0 Å². The minimum absolute atomic E-state index is 0.159. The summed E-state index contributed by atoms with van der Waals surface area (Å²) >= 11 is 0. The zero-order chi connectivity index (χ0) is 31.5. The van der Waals surface area contributed by atoms with E-state index >= 15 is 0 Å². The maximum atomic E-state index is 2.66. The van der Waals surface area contributed by atoms with Crippen LogP contribution in [0.25, 0.3) is 5.69 Å². The van der Waals surface area contributed by atoms with E-state index in [2.05, 4.69) is 156 Å². The summed E-state index contributed by atoms with van der Waals surface area (Å²) in [7, 11) is 0. The van der Waals surface area contributed by atoms with E-state index in [4.69, 9.17) is 0 Å². The highest BCUT2D eigenvalue weighted by atomic mass is 15.6. The lowest BCUT2D eigenvalue weighted by Crippen LogP contribution is -2.78. The van der Waals surface area contributed by atoms with Crippen molar-refractivity contribution in [3.8, 4) is 5.69 Å². The third-order valence-corrected chi connectivity index (χ3v) is 12.7. The summed E-state index contributed by atoms with van der Waals surface area (Å²) in [6.45, 7) is 14.3. The molecule has 0 N–H and O–H groups in total. The van der Waals surface area contributed by atoms with Crippen molar-refractivity contribution >= 4 is 34.3 Å². The molecule has 0 saturated heterocycles.